The number of rotatable bonds is 2. The first kappa shape index (κ1) is 6.36. The largest absolute Gasteiger partial charge is 0.367 e. The Labute approximate surface area is 55.5 Å². The Hall–Kier alpha value is -0.760. The molecule has 2 heteroatoms. The van der Waals surface area contributed by atoms with Gasteiger partial charge < -0.3 is 9.88 Å². The Kier molecular flexibility index (Phi) is 1.90. The zero-order chi connectivity index (χ0) is 6.69. The minimum atomic E-state index is 1.02. The summed E-state index contributed by atoms with van der Waals surface area (Å²) in [4.78, 5) is 5.15. The molecule has 0 unspecified atom stereocenters. The van der Waals surface area contributed by atoms with Crippen LogP contribution in [0.2, 0.25) is 0 Å². The molecule has 0 saturated carbocycles. The molecule has 0 bridgehead atoms. The summed E-state index contributed by atoms with van der Waals surface area (Å²) in [6, 6.07) is 2.08. The van der Waals surface area contributed by atoms with Gasteiger partial charge >= 0.3 is 0 Å². The molecule has 0 aromatic carbocycles. The van der Waals surface area contributed by atoms with Crippen LogP contribution in [0.25, 0.3) is 0 Å². The molecular formula is C7H12N2. The summed E-state index contributed by atoms with van der Waals surface area (Å²) in [7, 11) is 4.12. The van der Waals surface area contributed by atoms with Crippen molar-refractivity contribution in [3.63, 3.8) is 0 Å². The quantitative estimate of drug-likeness (QED) is 0.625. The van der Waals surface area contributed by atoms with Crippen molar-refractivity contribution in [1.82, 2.24) is 9.88 Å². The molecule has 1 N–H and O–H groups in total. The zero-order valence-electron chi connectivity index (χ0n) is 5.89. The lowest BCUT2D eigenvalue weighted by molar-refractivity contribution is 0.403. The molecule has 0 fully saturated rings. The molecule has 2 nitrogen and oxygen atoms in total. The molecule has 1 heterocycles. The van der Waals surface area contributed by atoms with E-state index in [2.05, 4.69) is 30.0 Å². The Bertz CT molecular complexity index is 153. The highest BCUT2D eigenvalue weighted by molar-refractivity contribution is 5.07. The van der Waals surface area contributed by atoms with E-state index >= 15 is 0 Å². The predicted octanol–water partition coefficient (Wildman–Crippen LogP) is 1.08. The highest BCUT2D eigenvalue weighted by atomic mass is 15.0. The average Bonchev–Trinajstić information content (AvgIpc) is 2.15. The molecule has 50 valence electrons. The van der Waals surface area contributed by atoms with E-state index in [4.69, 9.17) is 0 Å². The summed E-state index contributed by atoms with van der Waals surface area (Å²) >= 11 is 0. The first-order chi connectivity index (χ1) is 4.29. The normalized spacial score (nSPS) is 10.6. The van der Waals surface area contributed by atoms with E-state index in [1.165, 1.54) is 5.56 Å². The molecule has 0 aliphatic carbocycles. The van der Waals surface area contributed by atoms with Crippen molar-refractivity contribution in [3.05, 3.63) is 24.0 Å². The van der Waals surface area contributed by atoms with E-state index in [9.17, 15) is 0 Å². The number of nitrogens with one attached hydrogen (secondary N) is 1. The first-order valence-corrected chi connectivity index (χ1v) is 3.05. The standard InChI is InChI=1S/C7H12N2/c1-9(2)6-7-3-4-8-5-7/h3-5,8H,6H2,1-2H3. The van der Waals surface area contributed by atoms with E-state index in [-0.39, 0.29) is 0 Å². The maximum absolute atomic E-state index is 3.01. The van der Waals surface area contributed by atoms with Gasteiger partial charge in [0.25, 0.3) is 0 Å². The van der Waals surface area contributed by atoms with Gasteiger partial charge in [-0.2, -0.15) is 0 Å². The fraction of sp³-hybridized carbons (Fsp3) is 0.429. The van der Waals surface area contributed by atoms with Gasteiger partial charge in [0.1, 0.15) is 0 Å². The van der Waals surface area contributed by atoms with Crippen LogP contribution in [0, 0.1) is 0 Å². The number of hydrogen-bond acceptors (Lipinski definition) is 1. The molecule has 0 atom stereocenters. The second kappa shape index (κ2) is 2.69. The van der Waals surface area contributed by atoms with Crippen LogP contribution >= 0.6 is 0 Å². The second-order valence-corrected chi connectivity index (χ2v) is 2.46. The monoisotopic (exact) mass is 124 g/mol. The van der Waals surface area contributed by atoms with Gasteiger partial charge in [-0.25, -0.2) is 0 Å². The van der Waals surface area contributed by atoms with E-state index in [0.717, 1.165) is 6.54 Å². The van der Waals surface area contributed by atoms with E-state index in [0.29, 0.717) is 0 Å². The van der Waals surface area contributed by atoms with E-state index in [1.807, 2.05) is 12.4 Å². The predicted molar refractivity (Wildman–Crippen MR) is 38.2 cm³/mol. The molecule has 0 radical (unpaired) electrons. The molecule has 0 saturated heterocycles. The molecular weight excluding hydrogens is 112 g/mol. The van der Waals surface area contributed by atoms with Crippen molar-refractivity contribution < 1.29 is 0 Å². The van der Waals surface area contributed by atoms with Gasteiger partial charge in [0.15, 0.2) is 0 Å². The lowest BCUT2D eigenvalue weighted by Gasteiger charge is -2.05. The molecule has 1 aromatic rings. The van der Waals surface area contributed by atoms with E-state index in [1.54, 1.807) is 0 Å². The zero-order valence-corrected chi connectivity index (χ0v) is 5.89. The SMILES string of the molecule is CN(C)Cc1cc[nH]c1. The molecule has 1 aromatic heterocycles. The fourth-order valence-electron chi connectivity index (χ4n) is 0.822. The summed E-state index contributed by atoms with van der Waals surface area (Å²) in [5.74, 6) is 0. The number of nitrogens with zero attached hydrogens (tertiary/aromatic N) is 1. The lowest BCUT2D eigenvalue weighted by atomic mass is 10.3. The smallest absolute Gasteiger partial charge is 0.0242 e. The van der Waals surface area contributed by atoms with Crippen LogP contribution < -0.4 is 0 Å². The van der Waals surface area contributed by atoms with Gasteiger partial charge in [-0.1, -0.05) is 0 Å². The fourth-order valence-corrected chi connectivity index (χ4v) is 0.822. The van der Waals surface area contributed by atoms with Crippen LogP contribution in [-0.2, 0) is 6.54 Å². The Morgan fingerprint density at radius 2 is 2.33 bits per heavy atom. The summed E-state index contributed by atoms with van der Waals surface area (Å²) in [5, 5.41) is 0. The Morgan fingerprint density at radius 3 is 2.78 bits per heavy atom. The minimum Gasteiger partial charge on any atom is -0.367 e. The number of aromatic amines is 1. The number of H-pyrrole nitrogens is 1. The molecule has 0 aliphatic heterocycles. The van der Waals surface area contributed by atoms with Crippen LogP contribution in [0.1, 0.15) is 5.56 Å². The molecule has 0 spiro atoms. The van der Waals surface area contributed by atoms with Crippen molar-refractivity contribution in [1.29, 1.82) is 0 Å². The Morgan fingerprint density at radius 1 is 1.56 bits per heavy atom. The van der Waals surface area contributed by atoms with Crippen molar-refractivity contribution in [3.8, 4) is 0 Å². The number of aromatic nitrogens is 1. The second-order valence-electron chi connectivity index (χ2n) is 2.46. The molecule has 1 rings (SSSR count). The topological polar surface area (TPSA) is 19.0 Å². The number of hydrogen-bond donors (Lipinski definition) is 1. The first-order valence-electron chi connectivity index (χ1n) is 3.05. The summed E-state index contributed by atoms with van der Waals surface area (Å²) in [6.07, 6.45) is 3.96. The van der Waals surface area contributed by atoms with Crippen molar-refractivity contribution in [2.75, 3.05) is 14.1 Å². The molecule has 9 heavy (non-hydrogen) atoms. The minimum absolute atomic E-state index is 1.02. The van der Waals surface area contributed by atoms with Crippen LogP contribution in [0.3, 0.4) is 0 Å². The highest BCUT2D eigenvalue weighted by Gasteiger charge is 1.91. The van der Waals surface area contributed by atoms with Gasteiger partial charge in [-0.15, -0.1) is 0 Å². The van der Waals surface area contributed by atoms with Crippen molar-refractivity contribution in [2.45, 2.75) is 6.54 Å². The maximum Gasteiger partial charge on any atom is 0.0242 e. The maximum atomic E-state index is 3.01. The average molecular weight is 124 g/mol. The van der Waals surface area contributed by atoms with Crippen molar-refractivity contribution >= 4 is 0 Å². The summed E-state index contributed by atoms with van der Waals surface area (Å²) in [6.45, 7) is 1.02. The highest BCUT2D eigenvalue weighted by Crippen LogP contribution is 1.97. The molecule has 0 aliphatic rings. The van der Waals surface area contributed by atoms with Gasteiger partial charge in [-0.05, 0) is 25.7 Å². The third-order valence-electron chi connectivity index (χ3n) is 1.16. The van der Waals surface area contributed by atoms with E-state index < -0.39 is 0 Å². The third kappa shape index (κ3) is 1.90. The van der Waals surface area contributed by atoms with Crippen LogP contribution in [0.5, 0.6) is 0 Å². The van der Waals surface area contributed by atoms with Crippen LogP contribution in [-0.4, -0.2) is 24.0 Å². The third-order valence-corrected chi connectivity index (χ3v) is 1.16. The van der Waals surface area contributed by atoms with Gasteiger partial charge in [-0.3, -0.25) is 0 Å². The van der Waals surface area contributed by atoms with Gasteiger partial charge in [0.05, 0.1) is 0 Å². The summed E-state index contributed by atoms with van der Waals surface area (Å²) < 4.78 is 0. The van der Waals surface area contributed by atoms with Crippen LogP contribution in [0.15, 0.2) is 18.5 Å². The van der Waals surface area contributed by atoms with Gasteiger partial charge in [0.2, 0.25) is 0 Å². The Balaban J connectivity index is 2.48. The van der Waals surface area contributed by atoms with Crippen molar-refractivity contribution in [2.24, 2.45) is 0 Å². The molecule has 0 amide bonds. The van der Waals surface area contributed by atoms with Crippen LogP contribution in [0.4, 0.5) is 0 Å². The summed E-state index contributed by atoms with van der Waals surface area (Å²) in [5.41, 5.74) is 1.33. The van der Waals surface area contributed by atoms with Gasteiger partial charge in [0, 0.05) is 18.9 Å². The lowest BCUT2D eigenvalue weighted by Crippen LogP contribution is -2.09.